The molecule has 1 aromatic heterocycles. The van der Waals surface area contributed by atoms with Crippen LogP contribution in [0.4, 0.5) is 5.69 Å². The van der Waals surface area contributed by atoms with Gasteiger partial charge < -0.3 is 19.2 Å². The maximum absolute atomic E-state index is 12.8. The quantitative estimate of drug-likeness (QED) is 0.251. The number of nitro groups is 1. The number of nitrogens with zero attached hydrogens (tertiary/aromatic N) is 2. The number of hydrazone groups is 1. The van der Waals surface area contributed by atoms with Gasteiger partial charge in [0, 0.05) is 22.8 Å². The van der Waals surface area contributed by atoms with Gasteiger partial charge in [0.1, 0.15) is 17.6 Å². The number of carbonyl (C=O) groups is 2. The van der Waals surface area contributed by atoms with Gasteiger partial charge in [-0.15, -0.1) is 0 Å². The number of rotatable bonds is 9. The van der Waals surface area contributed by atoms with Crippen LogP contribution < -0.4 is 20.2 Å². The average molecular weight is 507 g/mol. The number of ether oxygens (including phenoxy) is 2. The van der Waals surface area contributed by atoms with Gasteiger partial charge in [-0.3, -0.25) is 19.7 Å². The van der Waals surface area contributed by atoms with Crippen LogP contribution in [-0.4, -0.2) is 35.8 Å². The molecule has 0 aliphatic carbocycles. The summed E-state index contributed by atoms with van der Waals surface area (Å²) in [5.74, 6) is 1.02. The minimum absolute atomic E-state index is 0.00429. The summed E-state index contributed by atoms with van der Waals surface area (Å²) in [4.78, 5) is 36.4. The van der Waals surface area contributed by atoms with E-state index in [0.29, 0.717) is 46.1 Å². The first kappa shape index (κ1) is 25.4. The van der Waals surface area contributed by atoms with E-state index < -0.39 is 22.8 Å². The Morgan fingerprint density at radius 2 is 1.92 bits per heavy atom. The second-order valence-corrected chi connectivity index (χ2v) is 8.87. The predicted molar refractivity (Wildman–Crippen MR) is 135 cm³/mol. The molecular formula is C26H26N4O7. The molecular weight excluding hydrogens is 480 g/mol. The lowest BCUT2D eigenvalue weighted by Gasteiger charge is -2.19. The first-order chi connectivity index (χ1) is 17.7. The molecule has 4 rings (SSSR count). The maximum Gasteiger partial charge on any atom is 0.273 e. The van der Waals surface area contributed by atoms with E-state index in [9.17, 15) is 19.7 Å². The Labute approximate surface area is 212 Å². The number of benzene rings is 2. The highest BCUT2D eigenvalue weighted by molar-refractivity contribution is 5.98. The first-order valence-corrected chi connectivity index (χ1v) is 11.6. The molecule has 0 radical (unpaired) electrons. The normalized spacial score (nSPS) is 13.1. The first-order valence-electron chi connectivity index (χ1n) is 11.6. The zero-order valence-corrected chi connectivity index (χ0v) is 20.5. The number of nitrogens with one attached hydrogen (secondary N) is 2. The van der Waals surface area contributed by atoms with Crippen molar-refractivity contribution in [1.29, 1.82) is 0 Å². The Hall–Kier alpha value is -4.67. The van der Waals surface area contributed by atoms with Gasteiger partial charge in [0.05, 0.1) is 11.1 Å². The molecule has 2 aromatic carbocycles. The fourth-order valence-corrected chi connectivity index (χ4v) is 3.87. The third-order valence-electron chi connectivity index (χ3n) is 5.72. The van der Waals surface area contributed by atoms with Crippen LogP contribution in [0.3, 0.4) is 0 Å². The number of nitro benzene ring substituents is 1. The van der Waals surface area contributed by atoms with E-state index in [0.717, 1.165) is 0 Å². The van der Waals surface area contributed by atoms with Gasteiger partial charge in [-0.1, -0.05) is 26.0 Å². The molecule has 1 aliphatic heterocycles. The molecule has 1 atom stereocenters. The van der Waals surface area contributed by atoms with Crippen molar-refractivity contribution < 1.29 is 28.4 Å². The molecule has 0 saturated carbocycles. The molecule has 3 aromatic rings. The second-order valence-electron chi connectivity index (χ2n) is 8.87. The van der Waals surface area contributed by atoms with Crippen molar-refractivity contribution in [3.8, 4) is 22.8 Å². The summed E-state index contributed by atoms with van der Waals surface area (Å²) in [6.07, 6.45) is 1.72. The van der Waals surface area contributed by atoms with Gasteiger partial charge >= 0.3 is 0 Å². The topological polar surface area (TPSA) is 145 Å². The molecule has 1 aliphatic rings. The van der Waals surface area contributed by atoms with E-state index in [4.69, 9.17) is 13.9 Å². The molecule has 192 valence electrons. The van der Waals surface area contributed by atoms with Gasteiger partial charge in [0.25, 0.3) is 17.5 Å². The minimum atomic E-state index is -0.824. The molecule has 2 heterocycles. The van der Waals surface area contributed by atoms with E-state index in [-0.39, 0.29) is 18.4 Å². The Kier molecular flexibility index (Phi) is 7.52. The number of fused-ring (bicyclic) bond motifs is 1. The van der Waals surface area contributed by atoms with Gasteiger partial charge in [-0.2, -0.15) is 5.10 Å². The van der Waals surface area contributed by atoms with Crippen molar-refractivity contribution in [3.63, 3.8) is 0 Å². The van der Waals surface area contributed by atoms with Crippen LogP contribution in [-0.2, 0) is 4.79 Å². The van der Waals surface area contributed by atoms with E-state index >= 15 is 0 Å². The molecule has 0 saturated heterocycles. The Balaban J connectivity index is 1.41. The molecule has 0 bridgehead atoms. The van der Waals surface area contributed by atoms with Crippen molar-refractivity contribution in [2.45, 2.75) is 33.2 Å². The van der Waals surface area contributed by atoms with Crippen molar-refractivity contribution >= 4 is 23.7 Å². The van der Waals surface area contributed by atoms with Crippen LogP contribution in [0.5, 0.6) is 11.5 Å². The van der Waals surface area contributed by atoms with Crippen molar-refractivity contribution in [1.82, 2.24) is 10.7 Å². The molecule has 11 heteroatoms. The fourth-order valence-electron chi connectivity index (χ4n) is 3.87. The third-order valence-corrected chi connectivity index (χ3v) is 5.72. The van der Waals surface area contributed by atoms with Gasteiger partial charge in [-0.25, -0.2) is 5.43 Å². The predicted octanol–water partition coefficient (Wildman–Crippen LogP) is 4.19. The van der Waals surface area contributed by atoms with Crippen LogP contribution in [0.15, 0.2) is 58.0 Å². The van der Waals surface area contributed by atoms with Crippen LogP contribution in [0.2, 0.25) is 0 Å². The molecule has 0 spiro atoms. The summed E-state index contributed by atoms with van der Waals surface area (Å²) in [6.45, 7) is 5.63. The number of amides is 2. The Bertz CT molecular complexity index is 1360. The lowest BCUT2D eigenvalue weighted by atomic mass is 10.0. The lowest BCUT2D eigenvalue weighted by Crippen LogP contribution is -2.46. The summed E-state index contributed by atoms with van der Waals surface area (Å²) in [5, 5.41) is 17.9. The summed E-state index contributed by atoms with van der Waals surface area (Å²) in [6, 6.07) is 12.0. The minimum Gasteiger partial charge on any atom is -0.455 e. The highest BCUT2D eigenvalue weighted by atomic mass is 16.7. The Morgan fingerprint density at radius 3 is 2.68 bits per heavy atom. The lowest BCUT2D eigenvalue weighted by molar-refractivity contribution is -0.385. The van der Waals surface area contributed by atoms with Gasteiger partial charge in [0.2, 0.25) is 6.79 Å². The smallest absolute Gasteiger partial charge is 0.273 e. The SMILES string of the molecule is Cc1c(-c2ccc(/C=N\NC(=O)[C@H](CC(C)C)NC(=O)c3ccc4c(c3)OCO4)o2)cccc1[N+](=O)[O-]. The van der Waals surface area contributed by atoms with Gasteiger partial charge in [0.15, 0.2) is 11.5 Å². The standard InChI is InChI=1S/C26H26N4O7/c1-15(2)11-20(28-25(31)17-7-9-23-24(12-17)36-14-35-23)26(32)29-27-13-18-8-10-22(37-18)19-5-4-6-21(16(19)3)30(33)34/h4-10,12-13,15,20H,11,14H2,1-3H3,(H,28,31)(H,29,32)/b27-13-/t20-/m0/s1. The number of carbonyl (C=O) groups excluding carboxylic acids is 2. The summed E-state index contributed by atoms with van der Waals surface area (Å²) in [5.41, 5.74) is 3.84. The molecule has 0 fully saturated rings. The fraction of sp³-hybridized carbons (Fsp3) is 0.269. The monoisotopic (exact) mass is 506 g/mol. The van der Waals surface area contributed by atoms with E-state index in [1.165, 1.54) is 12.3 Å². The Morgan fingerprint density at radius 1 is 1.14 bits per heavy atom. The number of hydrogen-bond donors (Lipinski definition) is 2. The zero-order valence-electron chi connectivity index (χ0n) is 20.5. The van der Waals surface area contributed by atoms with E-state index in [1.807, 2.05) is 13.8 Å². The van der Waals surface area contributed by atoms with Crippen molar-refractivity contribution in [3.05, 3.63) is 75.5 Å². The second kappa shape index (κ2) is 10.9. The van der Waals surface area contributed by atoms with Crippen LogP contribution in [0.25, 0.3) is 11.3 Å². The van der Waals surface area contributed by atoms with Gasteiger partial charge in [-0.05, 0) is 49.6 Å². The maximum atomic E-state index is 12.8. The van der Waals surface area contributed by atoms with Crippen LogP contribution >= 0.6 is 0 Å². The van der Waals surface area contributed by atoms with Crippen LogP contribution in [0.1, 0.15) is 41.9 Å². The number of hydrogen-bond acceptors (Lipinski definition) is 8. The molecule has 37 heavy (non-hydrogen) atoms. The molecule has 11 nitrogen and oxygen atoms in total. The summed E-state index contributed by atoms with van der Waals surface area (Å²) < 4.78 is 16.3. The zero-order chi connectivity index (χ0) is 26.5. The van der Waals surface area contributed by atoms with E-state index in [2.05, 4.69) is 15.8 Å². The molecule has 2 N–H and O–H groups in total. The highest BCUT2D eigenvalue weighted by Crippen LogP contribution is 2.33. The highest BCUT2D eigenvalue weighted by Gasteiger charge is 2.24. The average Bonchev–Trinajstić information content (AvgIpc) is 3.52. The largest absolute Gasteiger partial charge is 0.455 e. The molecule has 0 unspecified atom stereocenters. The van der Waals surface area contributed by atoms with E-state index in [1.54, 1.807) is 49.4 Å². The third kappa shape index (κ3) is 5.95. The summed E-state index contributed by atoms with van der Waals surface area (Å²) in [7, 11) is 0. The van der Waals surface area contributed by atoms with Crippen molar-refractivity contribution in [2.24, 2.45) is 11.0 Å². The van der Waals surface area contributed by atoms with Crippen molar-refractivity contribution in [2.75, 3.05) is 6.79 Å². The van der Waals surface area contributed by atoms with Crippen LogP contribution in [0, 0.1) is 23.0 Å². The summed E-state index contributed by atoms with van der Waals surface area (Å²) >= 11 is 0. The molecule has 2 amide bonds. The number of furan rings is 1.